The molecule has 0 saturated carbocycles. The van der Waals surface area contributed by atoms with E-state index in [9.17, 15) is 4.79 Å². The van der Waals surface area contributed by atoms with Crippen molar-refractivity contribution >= 4 is 5.78 Å². The first-order chi connectivity index (χ1) is 3.89. The van der Waals surface area contributed by atoms with Gasteiger partial charge in [0.25, 0.3) is 0 Å². The maximum absolute atomic E-state index is 10.6. The summed E-state index contributed by atoms with van der Waals surface area (Å²) in [5, 5.41) is 0. The number of Topliss-reactive ketones (excluding diaryl/α,β-unsaturated/α-hetero) is 1. The highest BCUT2D eigenvalue weighted by Gasteiger charge is 2.03. The molecule has 8 heavy (non-hydrogen) atoms. The largest absolute Gasteiger partial charge is 0.298 e. The first kappa shape index (κ1) is 5.72. The Bertz CT molecular complexity index is 82.4. The highest BCUT2D eigenvalue weighted by atomic mass is 16.1. The average Bonchev–Trinajstić information content (AvgIpc) is 1.94. The minimum absolute atomic E-state index is 0.301. The summed E-state index contributed by atoms with van der Waals surface area (Å²) >= 11 is 0. The van der Waals surface area contributed by atoms with Crippen LogP contribution in [0.3, 0.4) is 0 Å². The highest BCUT2D eigenvalue weighted by Crippen LogP contribution is 1.89. The molecule has 3 heteroatoms. The monoisotopic (exact) mass is 114 g/mol. The van der Waals surface area contributed by atoms with Crippen molar-refractivity contribution in [3.63, 3.8) is 0 Å². The molecule has 0 radical (unpaired) electrons. The number of hydrazine groups is 1. The molecule has 46 valence electrons. The van der Waals surface area contributed by atoms with Gasteiger partial charge in [0.1, 0.15) is 5.78 Å². The Kier molecular flexibility index (Phi) is 2.00. The molecule has 0 spiro atoms. The van der Waals surface area contributed by atoms with E-state index in [0.29, 0.717) is 12.3 Å². The molecule has 0 aromatic rings. The Morgan fingerprint density at radius 2 is 2.25 bits per heavy atom. The van der Waals surface area contributed by atoms with E-state index in [1.807, 2.05) is 0 Å². The van der Waals surface area contributed by atoms with E-state index in [4.69, 9.17) is 0 Å². The Balaban J connectivity index is 2.27. The molecule has 0 aromatic heterocycles. The van der Waals surface area contributed by atoms with Crippen LogP contribution in [0.5, 0.6) is 0 Å². The van der Waals surface area contributed by atoms with Gasteiger partial charge in [-0.05, 0) is 6.42 Å². The van der Waals surface area contributed by atoms with E-state index >= 15 is 0 Å². The number of ketones is 1. The molecular weight excluding hydrogens is 104 g/mol. The first-order valence-electron chi connectivity index (χ1n) is 2.87. The van der Waals surface area contributed by atoms with Crippen LogP contribution in [0, 0.1) is 0 Å². The van der Waals surface area contributed by atoms with Gasteiger partial charge in [0, 0.05) is 13.0 Å². The number of nitrogens with one attached hydrogen (secondary N) is 2. The summed E-state index contributed by atoms with van der Waals surface area (Å²) in [5.41, 5.74) is 5.70. The zero-order chi connectivity index (χ0) is 5.82. The molecule has 1 aliphatic heterocycles. The van der Waals surface area contributed by atoms with E-state index in [1.54, 1.807) is 0 Å². The molecule has 1 aliphatic rings. The lowest BCUT2D eigenvalue weighted by molar-refractivity contribution is -0.118. The van der Waals surface area contributed by atoms with Crippen molar-refractivity contribution in [2.45, 2.75) is 12.8 Å². The van der Waals surface area contributed by atoms with E-state index in [2.05, 4.69) is 10.9 Å². The van der Waals surface area contributed by atoms with Crippen molar-refractivity contribution < 1.29 is 4.79 Å². The number of carbonyl (C=O) groups excluding carboxylic acids is 1. The second kappa shape index (κ2) is 2.79. The molecule has 0 bridgehead atoms. The van der Waals surface area contributed by atoms with Gasteiger partial charge in [0.05, 0.1) is 6.54 Å². The lowest BCUT2D eigenvalue weighted by Crippen LogP contribution is -2.32. The maximum atomic E-state index is 10.6. The Morgan fingerprint density at radius 3 is 3.12 bits per heavy atom. The minimum atomic E-state index is 0.301. The number of hydrogen-bond acceptors (Lipinski definition) is 3. The van der Waals surface area contributed by atoms with E-state index in [0.717, 1.165) is 19.4 Å². The Morgan fingerprint density at radius 1 is 1.38 bits per heavy atom. The fourth-order valence-electron chi connectivity index (χ4n) is 0.712. The summed E-state index contributed by atoms with van der Waals surface area (Å²) in [4.78, 5) is 10.6. The third kappa shape index (κ3) is 1.60. The van der Waals surface area contributed by atoms with Gasteiger partial charge in [-0.15, -0.1) is 0 Å². The SMILES string of the molecule is O=C1CCCNNC1. The van der Waals surface area contributed by atoms with E-state index < -0.39 is 0 Å². The van der Waals surface area contributed by atoms with Crippen molar-refractivity contribution in [2.24, 2.45) is 0 Å². The molecule has 1 heterocycles. The zero-order valence-corrected chi connectivity index (χ0v) is 4.74. The van der Waals surface area contributed by atoms with E-state index in [1.165, 1.54) is 0 Å². The number of hydrogen-bond donors (Lipinski definition) is 2. The molecule has 0 atom stereocenters. The van der Waals surface area contributed by atoms with Gasteiger partial charge in [-0.3, -0.25) is 15.6 Å². The molecule has 0 unspecified atom stereocenters. The molecule has 1 saturated heterocycles. The van der Waals surface area contributed by atoms with Gasteiger partial charge in [-0.1, -0.05) is 0 Å². The number of carbonyl (C=O) groups is 1. The smallest absolute Gasteiger partial charge is 0.148 e. The minimum Gasteiger partial charge on any atom is -0.298 e. The van der Waals surface area contributed by atoms with Crippen LogP contribution in [0.25, 0.3) is 0 Å². The van der Waals surface area contributed by atoms with Crippen molar-refractivity contribution in [2.75, 3.05) is 13.1 Å². The Hall–Kier alpha value is -0.410. The fourth-order valence-corrected chi connectivity index (χ4v) is 0.712. The van der Waals surface area contributed by atoms with Gasteiger partial charge in [0.2, 0.25) is 0 Å². The van der Waals surface area contributed by atoms with E-state index in [-0.39, 0.29) is 0 Å². The van der Waals surface area contributed by atoms with Crippen LogP contribution in [-0.4, -0.2) is 18.9 Å². The average molecular weight is 114 g/mol. The van der Waals surface area contributed by atoms with Crippen LogP contribution in [0.1, 0.15) is 12.8 Å². The molecule has 1 fully saturated rings. The zero-order valence-electron chi connectivity index (χ0n) is 4.74. The fraction of sp³-hybridized carbons (Fsp3) is 0.800. The molecule has 2 N–H and O–H groups in total. The quantitative estimate of drug-likeness (QED) is 0.443. The van der Waals surface area contributed by atoms with Crippen LogP contribution in [-0.2, 0) is 4.79 Å². The third-order valence-electron chi connectivity index (χ3n) is 1.17. The molecule has 0 aliphatic carbocycles. The van der Waals surface area contributed by atoms with Crippen LogP contribution in [0.15, 0.2) is 0 Å². The summed E-state index contributed by atoms with van der Waals surface area (Å²) in [5.74, 6) is 0.301. The molecule has 3 nitrogen and oxygen atoms in total. The lowest BCUT2D eigenvalue weighted by atomic mass is 10.2. The van der Waals surface area contributed by atoms with Crippen LogP contribution in [0.2, 0.25) is 0 Å². The van der Waals surface area contributed by atoms with Crippen LogP contribution in [0.4, 0.5) is 0 Å². The summed E-state index contributed by atoms with van der Waals surface area (Å²) in [6.07, 6.45) is 1.69. The van der Waals surface area contributed by atoms with Gasteiger partial charge in [-0.2, -0.15) is 0 Å². The third-order valence-corrected chi connectivity index (χ3v) is 1.17. The van der Waals surface area contributed by atoms with Crippen molar-refractivity contribution in [3.8, 4) is 0 Å². The Labute approximate surface area is 48.4 Å². The predicted molar refractivity (Wildman–Crippen MR) is 30.2 cm³/mol. The second-order valence-electron chi connectivity index (χ2n) is 1.92. The first-order valence-corrected chi connectivity index (χ1v) is 2.87. The molecular formula is C5H10N2O. The van der Waals surface area contributed by atoms with Gasteiger partial charge < -0.3 is 0 Å². The van der Waals surface area contributed by atoms with Gasteiger partial charge >= 0.3 is 0 Å². The van der Waals surface area contributed by atoms with Crippen molar-refractivity contribution in [1.29, 1.82) is 0 Å². The summed E-state index contributed by atoms with van der Waals surface area (Å²) in [6, 6.07) is 0. The van der Waals surface area contributed by atoms with Crippen LogP contribution < -0.4 is 10.9 Å². The topological polar surface area (TPSA) is 41.1 Å². The molecule has 0 aromatic carbocycles. The predicted octanol–water partition coefficient (Wildman–Crippen LogP) is -0.557. The van der Waals surface area contributed by atoms with Crippen LogP contribution >= 0.6 is 0 Å². The van der Waals surface area contributed by atoms with Crippen molar-refractivity contribution in [1.82, 2.24) is 10.9 Å². The van der Waals surface area contributed by atoms with Gasteiger partial charge in [0.15, 0.2) is 0 Å². The molecule has 1 rings (SSSR count). The standard InChI is InChI=1S/C5H10N2O/c8-5-2-1-3-6-7-4-5/h6-7H,1-4H2. The summed E-state index contributed by atoms with van der Waals surface area (Å²) in [6.45, 7) is 1.39. The molecule has 0 amide bonds. The van der Waals surface area contributed by atoms with Gasteiger partial charge in [-0.25, -0.2) is 0 Å². The number of rotatable bonds is 0. The lowest BCUT2D eigenvalue weighted by Gasteiger charge is -1.95. The highest BCUT2D eigenvalue weighted by molar-refractivity contribution is 5.80. The normalized spacial score (nSPS) is 22.8. The second-order valence-corrected chi connectivity index (χ2v) is 1.92. The summed E-state index contributed by atoms with van der Waals surface area (Å²) in [7, 11) is 0. The maximum Gasteiger partial charge on any atom is 0.148 e. The summed E-state index contributed by atoms with van der Waals surface area (Å²) < 4.78 is 0. The van der Waals surface area contributed by atoms with Crippen molar-refractivity contribution in [3.05, 3.63) is 0 Å².